The maximum Gasteiger partial charge on any atom is 0.217 e. The van der Waals surface area contributed by atoms with E-state index in [9.17, 15) is 49.8 Å². The molecule has 12 nitrogen and oxygen atoms in total. The van der Waals surface area contributed by atoms with Gasteiger partial charge in [0.1, 0.15) is 40.3 Å². The molecule has 2 fully saturated rings. The average molecular weight is 530 g/mol. The summed E-state index contributed by atoms with van der Waals surface area (Å²) in [4.78, 5) is 53.4. The first kappa shape index (κ1) is 26.0. The minimum atomic E-state index is -3.40. The Morgan fingerprint density at radius 1 is 1.11 bits per heavy atom. The molecule has 5 atom stereocenters. The minimum Gasteiger partial charge on any atom is -0.508 e. The van der Waals surface area contributed by atoms with E-state index in [-0.39, 0.29) is 11.3 Å². The summed E-state index contributed by atoms with van der Waals surface area (Å²) in [6.45, 7) is 3.58. The molecule has 5 rings (SSSR count). The van der Waals surface area contributed by atoms with Crippen LogP contribution in [0.2, 0.25) is 0 Å². The molecule has 3 aliphatic carbocycles. The van der Waals surface area contributed by atoms with Crippen molar-refractivity contribution < 1.29 is 59.3 Å². The van der Waals surface area contributed by atoms with E-state index >= 15 is 0 Å². The van der Waals surface area contributed by atoms with E-state index in [0.29, 0.717) is 0 Å². The van der Waals surface area contributed by atoms with Gasteiger partial charge in [-0.1, -0.05) is 0 Å². The van der Waals surface area contributed by atoms with Crippen LogP contribution < -0.4 is 4.74 Å². The number of carbonyl (C=O) groups is 4. The van der Waals surface area contributed by atoms with Crippen molar-refractivity contribution >= 4 is 28.9 Å². The number of methoxy groups -OCH3 is 1. The number of phenols is 1. The molecule has 1 saturated carbocycles. The van der Waals surface area contributed by atoms with Crippen molar-refractivity contribution in [2.24, 2.45) is 5.41 Å². The predicted octanol–water partition coefficient (Wildman–Crippen LogP) is 0.200. The summed E-state index contributed by atoms with van der Waals surface area (Å²) in [5.74, 6) is -7.62. The lowest BCUT2D eigenvalue weighted by Gasteiger charge is -2.56. The maximum atomic E-state index is 14.3. The van der Waals surface area contributed by atoms with E-state index in [0.717, 1.165) is 13.0 Å². The zero-order valence-electron chi connectivity index (χ0n) is 20.9. The van der Waals surface area contributed by atoms with Crippen molar-refractivity contribution in [3.63, 3.8) is 0 Å². The number of allylic oxidation sites excluding steroid dienone is 1. The average Bonchev–Trinajstić information content (AvgIpc) is 3.22. The summed E-state index contributed by atoms with van der Waals surface area (Å²) in [5, 5.41) is 67.4. The lowest BCUT2D eigenvalue weighted by atomic mass is 9.48. The van der Waals surface area contributed by atoms with E-state index in [1.165, 1.54) is 27.0 Å². The third-order valence-electron chi connectivity index (χ3n) is 8.20. The van der Waals surface area contributed by atoms with Gasteiger partial charge in [-0.25, -0.2) is 0 Å². The lowest BCUT2D eigenvalue weighted by molar-refractivity contribution is -0.234. The molecule has 1 spiro atoms. The summed E-state index contributed by atoms with van der Waals surface area (Å²) in [5.41, 5.74) is -12.9. The third kappa shape index (κ3) is 2.77. The highest BCUT2D eigenvalue weighted by Gasteiger charge is 2.81. The topological polar surface area (TPSA) is 208 Å². The summed E-state index contributed by atoms with van der Waals surface area (Å²) < 4.78 is 11.1. The molecule has 1 saturated heterocycles. The summed E-state index contributed by atoms with van der Waals surface area (Å²) in [6, 6.07) is 2.27. The van der Waals surface area contributed by atoms with Crippen LogP contribution in [0.3, 0.4) is 0 Å². The maximum absolute atomic E-state index is 14.3. The number of aliphatic hydroxyl groups is 5. The molecule has 0 bridgehead atoms. The van der Waals surface area contributed by atoms with E-state index in [2.05, 4.69) is 0 Å². The van der Waals surface area contributed by atoms with Gasteiger partial charge >= 0.3 is 0 Å². The Bertz CT molecular complexity index is 1430. The molecule has 1 heterocycles. The number of benzene rings is 1. The van der Waals surface area contributed by atoms with Gasteiger partial charge in [-0.05, 0) is 33.3 Å². The zero-order valence-corrected chi connectivity index (χ0v) is 20.9. The molecule has 4 aliphatic rings. The number of ketones is 4. The number of hydrogen-bond acceptors (Lipinski definition) is 12. The molecule has 1 aliphatic heterocycles. The number of ether oxygens (including phenoxy) is 2. The molecule has 0 radical (unpaired) electrons. The van der Waals surface area contributed by atoms with Gasteiger partial charge in [-0.3, -0.25) is 19.2 Å². The second kappa shape index (κ2) is 7.50. The van der Waals surface area contributed by atoms with Crippen molar-refractivity contribution in [2.45, 2.75) is 62.6 Å². The normalized spacial score (nSPS) is 34.6. The summed E-state index contributed by atoms with van der Waals surface area (Å²) in [6.07, 6.45) is -4.84. The molecule has 1 aromatic carbocycles. The number of rotatable bonds is 3. The summed E-state index contributed by atoms with van der Waals surface area (Å²) >= 11 is 0. The molecule has 5 unspecified atom stereocenters. The Morgan fingerprint density at radius 3 is 2.29 bits per heavy atom. The van der Waals surface area contributed by atoms with Crippen LogP contribution in [0.25, 0.3) is 5.76 Å². The van der Waals surface area contributed by atoms with Crippen molar-refractivity contribution in [1.29, 1.82) is 0 Å². The molecule has 38 heavy (non-hydrogen) atoms. The quantitative estimate of drug-likeness (QED) is 0.290. The van der Waals surface area contributed by atoms with Gasteiger partial charge in [0, 0.05) is 18.1 Å². The number of aromatic hydroxyl groups is 1. The van der Waals surface area contributed by atoms with Gasteiger partial charge in [0.05, 0.1) is 35.4 Å². The van der Waals surface area contributed by atoms with Gasteiger partial charge < -0.3 is 40.1 Å². The predicted molar refractivity (Wildman–Crippen MR) is 125 cm³/mol. The highest BCUT2D eigenvalue weighted by molar-refractivity contribution is 6.27. The molecule has 12 heteroatoms. The van der Waals surface area contributed by atoms with Crippen molar-refractivity contribution in [3.8, 4) is 11.5 Å². The number of hydrogen-bond donors (Lipinski definition) is 6. The van der Waals surface area contributed by atoms with Gasteiger partial charge in [0.25, 0.3) is 0 Å². The smallest absolute Gasteiger partial charge is 0.217 e. The van der Waals surface area contributed by atoms with E-state index in [1.54, 1.807) is 0 Å². The van der Waals surface area contributed by atoms with Crippen molar-refractivity contribution in [3.05, 3.63) is 40.2 Å². The second-order valence-corrected chi connectivity index (χ2v) is 10.8. The van der Waals surface area contributed by atoms with Crippen molar-refractivity contribution in [1.82, 2.24) is 0 Å². The van der Waals surface area contributed by atoms with Crippen LogP contribution in [0.5, 0.6) is 11.5 Å². The Hall–Kier alpha value is -3.58. The Morgan fingerprint density at radius 2 is 1.74 bits per heavy atom. The Kier molecular flexibility index (Phi) is 5.14. The van der Waals surface area contributed by atoms with Crippen LogP contribution in [-0.4, -0.2) is 89.9 Å². The van der Waals surface area contributed by atoms with Gasteiger partial charge in [-0.15, -0.1) is 0 Å². The highest BCUT2D eigenvalue weighted by atomic mass is 16.5. The van der Waals surface area contributed by atoms with Gasteiger partial charge in [0.2, 0.25) is 11.4 Å². The molecular formula is C26H26O12. The van der Waals surface area contributed by atoms with Crippen LogP contribution in [0.15, 0.2) is 29.0 Å². The minimum absolute atomic E-state index is 0.0219. The SMILES string of the molecule is COc1cc(O)c2c(c1)C(=O)C13CC(C(C)(C)O)OC1C1(O)CC(=O)C(C(C)=O)=C(O)C1(O)C(=O)C3=C2O. The Balaban J connectivity index is 1.93. The lowest BCUT2D eigenvalue weighted by Crippen LogP contribution is -2.77. The van der Waals surface area contributed by atoms with Crippen LogP contribution in [0.1, 0.15) is 49.5 Å². The standard InChI is InChI=1S/C26H26O12/c1-9(27)15-13(29)7-25(35)22-24(8-14(38-22)23(2,3)34)17(21(33)26(25,36)20(15)32)18(30)16-11(19(24)31)5-10(37-4)6-12(16)28/h5-6,14,22,28,30,32,34-36H,7-8H2,1-4H3. The van der Waals surface area contributed by atoms with E-state index < -0.39 is 104 Å². The van der Waals surface area contributed by atoms with Gasteiger partial charge in [-0.2, -0.15) is 0 Å². The fourth-order valence-electron chi connectivity index (χ4n) is 6.37. The summed E-state index contributed by atoms with van der Waals surface area (Å²) in [7, 11) is 1.27. The molecular weight excluding hydrogens is 504 g/mol. The first-order chi connectivity index (χ1) is 17.5. The number of Topliss-reactive ketones (excluding diaryl/α,β-unsaturated/α-hetero) is 4. The molecule has 1 aromatic rings. The van der Waals surface area contributed by atoms with Crippen LogP contribution in [0, 0.1) is 5.41 Å². The molecule has 6 N–H and O–H groups in total. The molecule has 0 amide bonds. The second-order valence-electron chi connectivity index (χ2n) is 10.8. The number of fused-ring (bicyclic) bond motifs is 3. The number of phenolic OH excluding ortho intramolecular Hbond substituents is 1. The first-order valence-corrected chi connectivity index (χ1v) is 11.7. The zero-order chi connectivity index (χ0) is 28.3. The number of aliphatic hydroxyl groups excluding tert-OH is 2. The fraction of sp³-hybridized carbons (Fsp3) is 0.462. The van der Waals surface area contributed by atoms with Crippen LogP contribution >= 0.6 is 0 Å². The monoisotopic (exact) mass is 530 g/mol. The first-order valence-electron chi connectivity index (χ1n) is 11.7. The highest BCUT2D eigenvalue weighted by Crippen LogP contribution is 2.65. The molecule has 202 valence electrons. The molecule has 0 aromatic heterocycles. The fourth-order valence-corrected chi connectivity index (χ4v) is 6.37. The largest absolute Gasteiger partial charge is 0.508 e. The van der Waals surface area contributed by atoms with Crippen molar-refractivity contribution in [2.75, 3.05) is 7.11 Å². The Labute approximate surface area is 215 Å². The third-order valence-corrected chi connectivity index (χ3v) is 8.20. The van der Waals surface area contributed by atoms with Gasteiger partial charge in [0.15, 0.2) is 17.3 Å². The van der Waals surface area contributed by atoms with E-state index in [4.69, 9.17) is 9.47 Å². The van der Waals surface area contributed by atoms with Crippen LogP contribution in [-0.2, 0) is 19.1 Å². The van der Waals surface area contributed by atoms with Crippen LogP contribution in [0.4, 0.5) is 0 Å². The van der Waals surface area contributed by atoms with E-state index in [1.807, 2.05) is 0 Å². The number of carbonyl (C=O) groups excluding carboxylic acids is 4.